The number of nitrogens with zero attached hydrogens (tertiary/aromatic N) is 3. The van der Waals surface area contributed by atoms with Gasteiger partial charge in [0.2, 0.25) is 5.91 Å². The highest BCUT2D eigenvalue weighted by atomic mass is 16.5. The lowest BCUT2D eigenvalue weighted by Crippen LogP contribution is -2.49. The van der Waals surface area contributed by atoms with Gasteiger partial charge in [0.05, 0.1) is 13.7 Å². The Kier molecular flexibility index (Phi) is 5.95. The van der Waals surface area contributed by atoms with Crippen molar-refractivity contribution >= 4 is 5.91 Å². The highest BCUT2D eigenvalue weighted by Crippen LogP contribution is 2.27. The first-order chi connectivity index (χ1) is 13.7. The second kappa shape index (κ2) is 8.78. The number of piperazine rings is 1. The number of aromatic nitrogens is 2. The zero-order chi connectivity index (χ0) is 19.3. The smallest absolute Gasteiger partial charge is 0.237 e. The predicted octanol–water partition coefficient (Wildman–Crippen LogP) is 3.00. The largest absolute Gasteiger partial charge is 0.497 e. The number of imidazole rings is 1. The summed E-state index contributed by atoms with van der Waals surface area (Å²) in [5.74, 6) is 2.92. The quantitative estimate of drug-likeness (QED) is 0.800. The Labute approximate surface area is 166 Å². The molecule has 0 bridgehead atoms. The lowest BCUT2D eigenvalue weighted by molar-refractivity contribution is -0.136. The zero-order valence-corrected chi connectivity index (χ0v) is 16.7. The second-order valence-electron chi connectivity index (χ2n) is 8.08. The maximum absolute atomic E-state index is 12.6. The van der Waals surface area contributed by atoms with Crippen LogP contribution in [-0.2, 0) is 24.3 Å². The summed E-state index contributed by atoms with van der Waals surface area (Å²) in [5.41, 5.74) is 2.25. The zero-order valence-electron chi connectivity index (χ0n) is 16.7. The van der Waals surface area contributed by atoms with E-state index in [0.717, 1.165) is 54.8 Å². The average molecular weight is 383 g/mol. The Bertz CT molecular complexity index is 780. The van der Waals surface area contributed by atoms with Crippen molar-refractivity contribution in [3.63, 3.8) is 0 Å². The maximum Gasteiger partial charge on any atom is 0.237 e. The van der Waals surface area contributed by atoms with E-state index in [0.29, 0.717) is 13.1 Å². The lowest BCUT2D eigenvalue weighted by Gasteiger charge is -2.34. The first kappa shape index (κ1) is 19.0. The van der Waals surface area contributed by atoms with Crippen LogP contribution >= 0.6 is 0 Å². The van der Waals surface area contributed by atoms with Gasteiger partial charge in [-0.05, 0) is 23.6 Å². The van der Waals surface area contributed by atoms with Crippen LogP contribution in [0.25, 0.3) is 0 Å². The first-order valence-corrected chi connectivity index (χ1v) is 10.4. The molecule has 0 atom stereocenters. The summed E-state index contributed by atoms with van der Waals surface area (Å²) in [6.07, 6.45) is 8.40. The van der Waals surface area contributed by atoms with Crippen molar-refractivity contribution in [3.05, 3.63) is 47.5 Å². The Morgan fingerprint density at radius 2 is 1.93 bits per heavy atom. The van der Waals surface area contributed by atoms with Crippen LogP contribution in [0.1, 0.15) is 42.8 Å². The molecule has 1 N–H and O–H groups in total. The van der Waals surface area contributed by atoms with Gasteiger partial charge in [-0.15, -0.1) is 0 Å². The second-order valence-corrected chi connectivity index (χ2v) is 8.08. The van der Waals surface area contributed by atoms with E-state index in [-0.39, 0.29) is 5.91 Å². The van der Waals surface area contributed by atoms with Crippen LogP contribution in [0.3, 0.4) is 0 Å². The molecule has 1 amide bonds. The molecule has 1 saturated heterocycles. The molecule has 2 fully saturated rings. The standard InChI is InChI=1S/C22H30N4O2/c1-28-20-8-6-18(7-9-20)14-26-11-10-25(16-22(26)27)15-19-13-23-21(24-19)12-17-4-2-3-5-17/h6-9,13,17H,2-5,10-12,14-16H2,1H3,(H,23,24). The number of carbonyl (C=O) groups is 1. The number of methoxy groups -OCH3 is 1. The molecule has 150 valence electrons. The molecule has 0 radical (unpaired) electrons. The van der Waals surface area contributed by atoms with Gasteiger partial charge in [-0.2, -0.15) is 0 Å². The van der Waals surface area contributed by atoms with Crippen molar-refractivity contribution in [3.8, 4) is 5.75 Å². The molecule has 2 aromatic rings. The van der Waals surface area contributed by atoms with Crippen molar-refractivity contribution in [1.82, 2.24) is 19.8 Å². The molecule has 1 aliphatic carbocycles. The molecule has 6 nitrogen and oxygen atoms in total. The van der Waals surface area contributed by atoms with Crippen molar-refractivity contribution in [2.75, 3.05) is 26.7 Å². The van der Waals surface area contributed by atoms with Crippen LogP contribution in [0.15, 0.2) is 30.5 Å². The summed E-state index contributed by atoms with van der Waals surface area (Å²) in [4.78, 5) is 24.8. The summed E-state index contributed by atoms with van der Waals surface area (Å²) in [5, 5.41) is 0. The van der Waals surface area contributed by atoms with Crippen LogP contribution in [0, 0.1) is 5.92 Å². The summed E-state index contributed by atoms with van der Waals surface area (Å²) < 4.78 is 5.19. The van der Waals surface area contributed by atoms with Gasteiger partial charge >= 0.3 is 0 Å². The number of hydrogen-bond acceptors (Lipinski definition) is 4. The molecule has 1 aromatic heterocycles. The van der Waals surface area contributed by atoms with Crippen molar-refractivity contribution in [2.45, 2.75) is 45.2 Å². The average Bonchev–Trinajstić information content (AvgIpc) is 3.37. The molecule has 2 aliphatic rings. The number of hydrogen-bond donors (Lipinski definition) is 1. The van der Waals surface area contributed by atoms with E-state index in [2.05, 4.69) is 14.9 Å². The molecular weight excluding hydrogens is 352 g/mol. The summed E-state index contributed by atoms with van der Waals surface area (Å²) in [6.45, 7) is 3.53. The van der Waals surface area contributed by atoms with Crippen LogP contribution in [0.4, 0.5) is 0 Å². The van der Waals surface area contributed by atoms with E-state index in [1.807, 2.05) is 35.4 Å². The summed E-state index contributed by atoms with van der Waals surface area (Å²) in [6, 6.07) is 7.93. The molecule has 2 heterocycles. The molecular formula is C22H30N4O2. The molecule has 0 spiro atoms. The van der Waals surface area contributed by atoms with Crippen LogP contribution in [0.2, 0.25) is 0 Å². The predicted molar refractivity (Wildman–Crippen MR) is 108 cm³/mol. The highest BCUT2D eigenvalue weighted by molar-refractivity contribution is 5.79. The Balaban J connectivity index is 1.26. The summed E-state index contributed by atoms with van der Waals surface area (Å²) in [7, 11) is 1.66. The van der Waals surface area contributed by atoms with Gasteiger partial charge in [0.1, 0.15) is 11.6 Å². The van der Waals surface area contributed by atoms with E-state index >= 15 is 0 Å². The Morgan fingerprint density at radius 1 is 1.14 bits per heavy atom. The minimum Gasteiger partial charge on any atom is -0.497 e. The van der Waals surface area contributed by atoms with Crippen molar-refractivity contribution < 1.29 is 9.53 Å². The fraction of sp³-hybridized carbons (Fsp3) is 0.545. The van der Waals surface area contributed by atoms with Crippen LogP contribution in [-0.4, -0.2) is 52.4 Å². The molecule has 1 saturated carbocycles. The number of ether oxygens (including phenoxy) is 1. The lowest BCUT2D eigenvalue weighted by atomic mass is 10.0. The molecule has 4 rings (SSSR count). The highest BCUT2D eigenvalue weighted by Gasteiger charge is 2.24. The molecule has 6 heteroatoms. The van der Waals surface area contributed by atoms with E-state index in [4.69, 9.17) is 4.74 Å². The molecule has 0 unspecified atom stereocenters. The fourth-order valence-corrected chi connectivity index (χ4v) is 4.33. The third-order valence-electron chi connectivity index (χ3n) is 5.96. The van der Waals surface area contributed by atoms with Gasteiger partial charge in [-0.1, -0.05) is 37.8 Å². The SMILES string of the molecule is COc1ccc(CN2CCN(Cc3cnc(CC4CCCC4)[nH]3)CC2=O)cc1. The van der Waals surface area contributed by atoms with Gasteiger partial charge in [0.15, 0.2) is 0 Å². The fourth-order valence-electron chi connectivity index (χ4n) is 4.33. The Hall–Kier alpha value is -2.34. The summed E-state index contributed by atoms with van der Waals surface area (Å²) >= 11 is 0. The minimum absolute atomic E-state index is 0.188. The topological polar surface area (TPSA) is 61.5 Å². The van der Waals surface area contributed by atoms with E-state index in [1.54, 1.807) is 7.11 Å². The van der Waals surface area contributed by atoms with Gasteiger partial charge in [0.25, 0.3) is 0 Å². The number of aromatic amines is 1. The van der Waals surface area contributed by atoms with Crippen molar-refractivity contribution in [2.24, 2.45) is 5.92 Å². The third kappa shape index (κ3) is 4.73. The molecule has 1 aromatic carbocycles. The number of nitrogens with one attached hydrogen (secondary N) is 1. The van der Waals surface area contributed by atoms with Gasteiger partial charge in [-0.25, -0.2) is 4.98 Å². The monoisotopic (exact) mass is 382 g/mol. The normalized spacial score (nSPS) is 18.8. The van der Waals surface area contributed by atoms with Gasteiger partial charge in [0, 0.05) is 44.5 Å². The maximum atomic E-state index is 12.6. The van der Waals surface area contributed by atoms with Gasteiger partial charge in [-0.3, -0.25) is 9.69 Å². The van der Waals surface area contributed by atoms with Gasteiger partial charge < -0.3 is 14.6 Å². The Morgan fingerprint density at radius 3 is 2.64 bits per heavy atom. The number of benzene rings is 1. The third-order valence-corrected chi connectivity index (χ3v) is 5.96. The van der Waals surface area contributed by atoms with Crippen LogP contribution < -0.4 is 4.74 Å². The first-order valence-electron chi connectivity index (χ1n) is 10.4. The molecule has 28 heavy (non-hydrogen) atoms. The van der Waals surface area contributed by atoms with E-state index in [1.165, 1.54) is 25.7 Å². The minimum atomic E-state index is 0.188. The number of amides is 1. The number of carbonyl (C=O) groups excluding carboxylic acids is 1. The molecule has 1 aliphatic heterocycles. The van der Waals surface area contributed by atoms with Crippen molar-refractivity contribution in [1.29, 1.82) is 0 Å². The number of rotatable bonds is 7. The van der Waals surface area contributed by atoms with E-state index < -0.39 is 0 Å². The number of H-pyrrole nitrogens is 1. The van der Waals surface area contributed by atoms with E-state index in [9.17, 15) is 4.79 Å². The van der Waals surface area contributed by atoms with Crippen LogP contribution in [0.5, 0.6) is 5.75 Å².